The quantitative estimate of drug-likeness (QED) is 0.0755. The SMILES string of the molecule is C=C(C#CCCCO)C(CCCCC(C(=O)OC)P(=O)(OC)OC)O[Si](C(C)C)(C(C)C)C(C)C. The van der Waals surface area contributed by atoms with E-state index in [-0.39, 0.29) is 12.7 Å². The summed E-state index contributed by atoms with van der Waals surface area (Å²) in [5.74, 6) is 5.66. The first-order valence-electron chi connectivity index (χ1n) is 12.6. The molecule has 0 bridgehead atoms. The van der Waals surface area contributed by atoms with Gasteiger partial charge in [-0.2, -0.15) is 0 Å². The Kier molecular flexibility index (Phi) is 16.3. The Balaban J connectivity index is 5.71. The summed E-state index contributed by atoms with van der Waals surface area (Å²) in [5.41, 5.74) is 1.01. The normalized spacial score (nSPS) is 14.1. The molecule has 0 fully saturated rings. The maximum absolute atomic E-state index is 12.9. The second kappa shape index (κ2) is 16.7. The Hall–Kier alpha value is -0.943. The van der Waals surface area contributed by atoms with E-state index in [1.54, 1.807) is 0 Å². The van der Waals surface area contributed by atoms with Crippen molar-refractivity contribution in [1.29, 1.82) is 0 Å². The van der Waals surface area contributed by atoms with Crippen molar-refractivity contribution in [3.63, 3.8) is 0 Å². The van der Waals surface area contributed by atoms with Gasteiger partial charge in [-0.3, -0.25) is 9.36 Å². The number of unbranched alkanes of at least 4 members (excludes halogenated alkanes) is 2. The first-order chi connectivity index (χ1) is 16.4. The molecule has 0 rings (SSSR count). The molecule has 0 aromatic heterocycles. The smallest absolute Gasteiger partial charge is 0.344 e. The van der Waals surface area contributed by atoms with Crippen molar-refractivity contribution in [1.82, 2.24) is 0 Å². The highest BCUT2D eigenvalue weighted by atomic mass is 31.2. The van der Waals surface area contributed by atoms with E-state index in [2.05, 4.69) is 60.0 Å². The van der Waals surface area contributed by atoms with Crippen LogP contribution in [-0.2, 0) is 27.6 Å². The molecule has 0 radical (unpaired) electrons. The molecule has 0 amide bonds. The summed E-state index contributed by atoms with van der Waals surface area (Å²) in [4.78, 5) is 12.3. The van der Waals surface area contributed by atoms with Gasteiger partial charge in [-0.15, -0.1) is 0 Å². The number of hydrogen-bond donors (Lipinski definition) is 1. The molecule has 0 aliphatic rings. The Labute approximate surface area is 215 Å². The molecule has 0 aromatic rings. The van der Waals surface area contributed by atoms with Crippen molar-refractivity contribution >= 4 is 21.9 Å². The fourth-order valence-electron chi connectivity index (χ4n) is 4.92. The molecule has 0 spiro atoms. The van der Waals surface area contributed by atoms with Crippen molar-refractivity contribution in [2.24, 2.45) is 0 Å². The standard InChI is InChI=1S/C26H49O7PSi/c1-20(2)35(21(3)4,22(5)6)33-24(23(7)16-12-11-15-19-27)17-13-14-18-25(26(28)30-8)34(29,31-9)32-10/h20-22,24-25,27H,7,11,13-15,17-19H2,1-6,8-10H3. The summed E-state index contributed by atoms with van der Waals surface area (Å²) in [5, 5.41) is 9.03. The molecule has 0 aliphatic carbocycles. The van der Waals surface area contributed by atoms with Gasteiger partial charge < -0.3 is 23.3 Å². The predicted octanol–water partition coefficient (Wildman–Crippen LogP) is 6.47. The largest absolute Gasteiger partial charge is 0.468 e. The average molecular weight is 533 g/mol. The van der Waals surface area contributed by atoms with Crippen LogP contribution < -0.4 is 0 Å². The van der Waals surface area contributed by atoms with Gasteiger partial charge in [0.2, 0.25) is 8.32 Å². The van der Waals surface area contributed by atoms with Crippen LogP contribution in [0.2, 0.25) is 16.6 Å². The van der Waals surface area contributed by atoms with E-state index in [1.165, 1.54) is 21.3 Å². The second-order valence-electron chi connectivity index (χ2n) is 9.81. The van der Waals surface area contributed by atoms with Gasteiger partial charge in [0.15, 0.2) is 5.66 Å². The van der Waals surface area contributed by atoms with Crippen molar-refractivity contribution in [3.05, 3.63) is 12.2 Å². The van der Waals surface area contributed by atoms with E-state index >= 15 is 0 Å². The number of carbonyl (C=O) groups is 1. The van der Waals surface area contributed by atoms with Crippen LogP contribution in [0.25, 0.3) is 0 Å². The van der Waals surface area contributed by atoms with Crippen LogP contribution in [0.1, 0.15) is 80.1 Å². The molecule has 0 aromatic carbocycles. The predicted molar refractivity (Wildman–Crippen MR) is 145 cm³/mol. The van der Waals surface area contributed by atoms with Crippen LogP contribution in [0.5, 0.6) is 0 Å². The van der Waals surface area contributed by atoms with E-state index in [9.17, 15) is 9.36 Å². The van der Waals surface area contributed by atoms with Gasteiger partial charge in [0.25, 0.3) is 0 Å². The molecule has 9 heteroatoms. The van der Waals surface area contributed by atoms with E-state index in [1.807, 2.05) is 0 Å². The Morgan fingerprint density at radius 3 is 1.89 bits per heavy atom. The second-order valence-corrected chi connectivity index (χ2v) is 17.6. The van der Waals surface area contributed by atoms with E-state index < -0.39 is 27.5 Å². The molecule has 1 N–H and O–H groups in total. The topological polar surface area (TPSA) is 91.3 Å². The molecule has 7 nitrogen and oxygen atoms in total. The van der Waals surface area contributed by atoms with Crippen LogP contribution in [-0.4, -0.2) is 59.1 Å². The molecular weight excluding hydrogens is 483 g/mol. The number of esters is 1. The lowest BCUT2D eigenvalue weighted by Crippen LogP contribution is -2.50. The van der Waals surface area contributed by atoms with Crippen molar-refractivity contribution < 1.29 is 32.7 Å². The lowest BCUT2D eigenvalue weighted by molar-refractivity contribution is -0.140. The molecule has 0 saturated carbocycles. The summed E-state index contributed by atoms with van der Waals surface area (Å²) in [6.45, 7) is 17.8. The molecule has 0 heterocycles. The number of methoxy groups -OCH3 is 1. The first-order valence-corrected chi connectivity index (χ1v) is 16.4. The maximum atomic E-state index is 12.9. The van der Waals surface area contributed by atoms with Gasteiger partial charge >= 0.3 is 13.6 Å². The van der Waals surface area contributed by atoms with Crippen molar-refractivity contribution in [2.45, 2.75) is 108 Å². The highest BCUT2D eigenvalue weighted by Gasteiger charge is 2.47. The van der Waals surface area contributed by atoms with Crippen LogP contribution in [0.3, 0.4) is 0 Å². The monoisotopic (exact) mass is 532 g/mol. The number of hydrogen-bond acceptors (Lipinski definition) is 7. The van der Waals surface area contributed by atoms with Gasteiger partial charge in [0.1, 0.15) is 0 Å². The molecule has 35 heavy (non-hydrogen) atoms. The van der Waals surface area contributed by atoms with E-state index in [0.717, 1.165) is 12.0 Å². The fourth-order valence-corrected chi connectivity index (χ4v) is 12.0. The van der Waals surface area contributed by atoms with Crippen LogP contribution in [0.15, 0.2) is 12.2 Å². The number of aliphatic hydroxyl groups is 1. The first kappa shape index (κ1) is 34.1. The molecular formula is C26H49O7PSi. The van der Waals surface area contributed by atoms with E-state index in [4.69, 9.17) is 23.3 Å². The number of carbonyl (C=O) groups excluding carboxylic acids is 1. The summed E-state index contributed by atoms with van der Waals surface area (Å²) in [7, 11) is -1.97. The van der Waals surface area contributed by atoms with Gasteiger partial charge in [0, 0.05) is 32.8 Å². The summed E-state index contributed by atoms with van der Waals surface area (Å²) in [6, 6.07) is 0. The average Bonchev–Trinajstić information content (AvgIpc) is 2.81. The highest BCUT2D eigenvalue weighted by molar-refractivity contribution is 7.55. The number of rotatable bonds is 17. The third-order valence-corrected chi connectivity index (χ3v) is 15.1. The minimum Gasteiger partial charge on any atom is -0.468 e. The summed E-state index contributed by atoms with van der Waals surface area (Å²) >= 11 is 0. The van der Waals surface area contributed by atoms with E-state index in [0.29, 0.717) is 48.7 Å². The van der Waals surface area contributed by atoms with Crippen molar-refractivity contribution in [3.8, 4) is 11.8 Å². The van der Waals surface area contributed by atoms with Gasteiger partial charge in [-0.25, -0.2) is 0 Å². The third-order valence-electron chi connectivity index (χ3n) is 6.71. The zero-order valence-electron chi connectivity index (χ0n) is 23.4. The lowest BCUT2D eigenvalue weighted by atomic mass is 10.0. The molecule has 2 atom stereocenters. The third kappa shape index (κ3) is 9.79. The van der Waals surface area contributed by atoms with Crippen LogP contribution in [0.4, 0.5) is 0 Å². The molecule has 2 unspecified atom stereocenters. The van der Waals surface area contributed by atoms with Crippen LogP contribution in [0, 0.1) is 11.8 Å². The summed E-state index contributed by atoms with van der Waals surface area (Å²) in [6.07, 6.45) is 3.34. The Morgan fingerprint density at radius 1 is 0.943 bits per heavy atom. The highest BCUT2D eigenvalue weighted by Crippen LogP contribution is 2.53. The number of aliphatic hydroxyl groups excluding tert-OH is 1. The zero-order chi connectivity index (χ0) is 27.2. The fraction of sp³-hybridized carbons (Fsp3) is 0.808. The van der Waals surface area contributed by atoms with Gasteiger partial charge in [0.05, 0.1) is 13.2 Å². The Morgan fingerprint density at radius 2 is 1.46 bits per heavy atom. The van der Waals surface area contributed by atoms with Crippen LogP contribution >= 0.6 is 7.60 Å². The molecule has 0 saturated heterocycles. The van der Waals surface area contributed by atoms with Gasteiger partial charge in [-0.1, -0.05) is 72.8 Å². The molecule has 0 aliphatic heterocycles. The lowest BCUT2D eigenvalue weighted by Gasteiger charge is -2.44. The number of ether oxygens (including phenoxy) is 1. The molecule has 204 valence electrons. The Bertz CT molecular complexity index is 725. The minimum absolute atomic E-state index is 0.110. The minimum atomic E-state index is -3.60. The van der Waals surface area contributed by atoms with Gasteiger partial charge in [-0.05, 0) is 35.9 Å². The zero-order valence-corrected chi connectivity index (χ0v) is 25.3. The summed E-state index contributed by atoms with van der Waals surface area (Å²) < 4.78 is 34.8. The van der Waals surface area contributed by atoms with Crippen molar-refractivity contribution in [2.75, 3.05) is 27.9 Å². The maximum Gasteiger partial charge on any atom is 0.344 e.